The Morgan fingerprint density at radius 3 is 2.23 bits per heavy atom. The van der Waals surface area contributed by atoms with E-state index in [1.165, 1.54) is 19.9 Å². The number of hydrogen-bond acceptors (Lipinski definition) is 6. The second kappa shape index (κ2) is 8.26. The summed E-state index contributed by atoms with van der Waals surface area (Å²) < 4.78 is 32.0. The van der Waals surface area contributed by atoms with Gasteiger partial charge in [0.25, 0.3) is 10.0 Å². The lowest BCUT2D eigenvalue weighted by molar-refractivity contribution is -0.147. The van der Waals surface area contributed by atoms with E-state index < -0.39 is 28.1 Å². The molecule has 0 spiro atoms. The van der Waals surface area contributed by atoms with Crippen molar-refractivity contribution in [3.05, 3.63) is 65.2 Å². The zero-order chi connectivity index (χ0) is 23.0. The van der Waals surface area contributed by atoms with Crippen LogP contribution in [0.25, 0.3) is 0 Å². The van der Waals surface area contributed by atoms with Gasteiger partial charge in [0.2, 0.25) is 5.78 Å². The molecule has 2 aromatic rings. The summed E-state index contributed by atoms with van der Waals surface area (Å²) >= 11 is 0. The molecule has 1 N–H and O–H groups in total. The molecule has 3 rings (SSSR count). The lowest BCUT2D eigenvalue weighted by Gasteiger charge is -2.19. The molecule has 0 amide bonds. The van der Waals surface area contributed by atoms with Crippen LogP contribution in [0.3, 0.4) is 0 Å². The fourth-order valence-electron chi connectivity index (χ4n) is 3.17. The SMILES string of the molecule is C[C@H](N=C1NS(=O)(=O)c2ccccc21)C(=O)O[C@H](C)C(=O)c1ccc(C(C)(C)C)cc1. The lowest BCUT2D eigenvalue weighted by atomic mass is 9.86. The van der Waals surface area contributed by atoms with E-state index >= 15 is 0 Å². The first kappa shape index (κ1) is 22.7. The van der Waals surface area contributed by atoms with Crippen LogP contribution in [0.15, 0.2) is 58.4 Å². The maximum absolute atomic E-state index is 12.7. The molecule has 0 aromatic heterocycles. The summed E-state index contributed by atoms with van der Waals surface area (Å²) in [6.07, 6.45) is -0.997. The molecule has 0 aliphatic carbocycles. The highest BCUT2D eigenvalue weighted by Gasteiger charge is 2.32. The second-order valence-corrected chi connectivity index (χ2v) is 10.2. The standard InChI is InChI=1S/C23H26N2O5S/c1-14(24-21-18-8-6-7-9-19(18)31(28,29)25-21)22(27)30-15(2)20(26)16-10-12-17(13-11-16)23(3,4)5/h6-15H,1-5H3,(H,24,25)/t14-,15+/m0/s1. The van der Waals surface area contributed by atoms with Crippen molar-refractivity contribution in [2.24, 2.45) is 4.99 Å². The number of ether oxygens (including phenoxy) is 1. The van der Waals surface area contributed by atoms with Crippen molar-refractivity contribution in [2.75, 3.05) is 0 Å². The smallest absolute Gasteiger partial charge is 0.331 e. The Balaban J connectivity index is 1.70. The molecule has 0 saturated heterocycles. The van der Waals surface area contributed by atoms with Gasteiger partial charge in [0.15, 0.2) is 6.10 Å². The van der Waals surface area contributed by atoms with Gasteiger partial charge in [0, 0.05) is 11.1 Å². The summed E-state index contributed by atoms with van der Waals surface area (Å²) in [5.74, 6) is -0.958. The van der Waals surface area contributed by atoms with Gasteiger partial charge in [-0.15, -0.1) is 0 Å². The molecule has 0 fully saturated rings. The number of fused-ring (bicyclic) bond motifs is 1. The highest BCUT2D eigenvalue weighted by atomic mass is 32.2. The van der Waals surface area contributed by atoms with E-state index in [1.54, 1.807) is 30.3 Å². The summed E-state index contributed by atoms with van der Waals surface area (Å²) in [7, 11) is -3.70. The number of benzene rings is 2. The monoisotopic (exact) mass is 442 g/mol. The van der Waals surface area contributed by atoms with Crippen LogP contribution >= 0.6 is 0 Å². The number of esters is 1. The number of Topliss-reactive ketones (excluding diaryl/α,β-unsaturated/α-hetero) is 1. The molecule has 7 nitrogen and oxygen atoms in total. The predicted molar refractivity (Wildman–Crippen MR) is 118 cm³/mol. The highest BCUT2D eigenvalue weighted by molar-refractivity contribution is 7.90. The van der Waals surface area contributed by atoms with Crippen LogP contribution in [0.4, 0.5) is 0 Å². The Kier molecular flexibility index (Phi) is 6.04. The van der Waals surface area contributed by atoms with E-state index in [4.69, 9.17) is 4.74 Å². The van der Waals surface area contributed by atoms with Crippen molar-refractivity contribution in [3.8, 4) is 0 Å². The Morgan fingerprint density at radius 2 is 1.61 bits per heavy atom. The van der Waals surface area contributed by atoms with Crippen LogP contribution in [0.5, 0.6) is 0 Å². The number of nitrogens with zero attached hydrogens (tertiary/aromatic N) is 1. The van der Waals surface area contributed by atoms with E-state index in [9.17, 15) is 18.0 Å². The van der Waals surface area contributed by atoms with Gasteiger partial charge >= 0.3 is 5.97 Å². The largest absolute Gasteiger partial charge is 0.453 e. The summed E-state index contributed by atoms with van der Waals surface area (Å²) in [4.78, 5) is 29.4. The number of ketones is 1. The number of carbonyl (C=O) groups excluding carboxylic acids is 2. The number of sulfonamides is 1. The molecule has 164 valence electrons. The van der Waals surface area contributed by atoms with Gasteiger partial charge in [-0.05, 0) is 37.0 Å². The minimum absolute atomic E-state index is 0.0331. The molecule has 2 aromatic carbocycles. The van der Waals surface area contributed by atoms with Gasteiger partial charge in [-0.2, -0.15) is 0 Å². The average molecular weight is 443 g/mol. The topological polar surface area (TPSA) is 102 Å². The zero-order valence-corrected chi connectivity index (χ0v) is 19.0. The van der Waals surface area contributed by atoms with E-state index in [0.717, 1.165) is 5.56 Å². The Bertz CT molecular complexity index is 1150. The molecule has 0 saturated carbocycles. The highest BCUT2D eigenvalue weighted by Crippen LogP contribution is 2.24. The van der Waals surface area contributed by atoms with Crippen LogP contribution in [0, 0.1) is 0 Å². The van der Waals surface area contributed by atoms with Crippen LogP contribution in [0.2, 0.25) is 0 Å². The first-order valence-electron chi connectivity index (χ1n) is 9.95. The number of carbonyl (C=O) groups is 2. The maximum Gasteiger partial charge on any atom is 0.331 e. The summed E-state index contributed by atoms with van der Waals surface area (Å²) in [6, 6.07) is 12.6. The summed E-state index contributed by atoms with van der Waals surface area (Å²) in [5.41, 5.74) is 1.90. The van der Waals surface area contributed by atoms with Crippen LogP contribution in [-0.2, 0) is 25.0 Å². The number of amidine groups is 1. The van der Waals surface area contributed by atoms with Crippen LogP contribution in [0.1, 0.15) is 56.1 Å². The molecule has 31 heavy (non-hydrogen) atoms. The third-order valence-electron chi connectivity index (χ3n) is 5.02. The van der Waals surface area contributed by atoms with E-state index in [1.807, 2.05) is 12.1 Å². The van der Waals surface area contributed by atoms with Gasteiger partial charge in [-0.25, -0.2) is 13.2 Å². The molecule has 2 atom stereocenters. The van der Waals surface area contributed by atoms with E-state index in [-0.39, 0.29) is 21.9 Å². The first-order valence-corrected chi connectivity index (χ1v) is 11.4. The van der Waals surface area contributed by atoms with Crippen molar-refractivity contribution >= 4 is 27.6 Å². The van der Waals surface area contributed by atoms with Crippen LogP contribution in [-0.4, -0.2) is 38.2 Å². The molecular formula is C23H26N2O5S. The minimum atomic E-state index is -3.70. The molecule has 0 radical (unpaired) electrons. The predicted octanol–water partition coefficient (Wildman–Crippen LogP) is 3.23. The molecular weight excluding hydrogens is 416 g/mol. The van der Waals surface area contributed by atoms with Gasteiger partial charge < -0.3 is 4.74 Å². The third-order valence-corrected chi connectivity index (χ3v) is 6.42. The fourth-order valence-corrected chi connectivity index (χ4v) is 4.41. The van der Waals surface area contributed by atoms with Crippen molar-refractivity contribution in [2.45, 2.75) is 57.1 Å². The lowest BCUT2D eigenvalue weighted by Crippen LogP contribution is -2.31. The first-order chi connectivity index (χ1) is 14.4. The fraction of sp³-hybridized carbons (Fsp3) is 0.348. The second-order valence-electron chi connectivity index (χ2n) is 8.53. The Morgan fingerprint density at radius 1 is 1.00 bits per heavy atom. The minimum Gasteiger partial charge on any atom is -0.453 e. The van der Waals surface area contributed by atoms with E-state index in [2.05, 4.69) is 30.5 Å². The average Bonchev–Trinajstić information content (AvgIpc) is 2.97. The van der Waals surface area contributed by atoms with Crippen molar-refractivity contribution < 1.29 is 22.7 Å². The normalized spacial score (nSPS) is 18.0. The van der Waals surface area contributed by atoms with Crippen LogP contribution < -0.4 is 4.72 Å². The third kappa shape index (κ3) is 4.85. The Labute approximate surface area is 182 Å². The van der Waals surface area contributed by atoms with Gasteiger partial charge in [0.1, 0.15) is 11.9 Å². The number of nitrogens with one attached hydrogen (secondary N) is 1. The van der Waals surface area contributed by atoms with Crippen molar-refractivity contribution in [1.29, 1.82) is 0 Å². The Hall–Kier alpha value is -3.00. The van der Waals surface area contributed by atoms with Gasteiger partial charge in [0.05, 0.1) is 4.90 Å². The molecule has 0 bridgehead atoms. The molecule has 1 aliphatic rings. The van der Waals surface area contributed by atoms with Crippen molar-refractivity contribution in [3.63, 3.8) is 0 Å². The molecule has 1 heterocycles. The molecule has 1 aliphatic heterocycles. The van der Waals surface area contributed by atoms with Crippen molar-refractivity contribution in [1.82, 2.24) is 4.72 Å². The zero-order valence-electron chi connectivity index (χ0n) is 18.2. The molecule has 0 unspecified atom stereocenters. The molecule has 8 heteroatoms. The van der Waals surface area contributed by atoms with Gasteiger partial charge in [-0.3, -0.25) is 14.5 Å². The maximum atomic E-state index is 12.7. The number of aliphatic imine (C=N–C) groups is 1. The summed E-state index contributed by atoms with van der Waals surface area (Å²) in [5, 5.41) is 0. The van der Waals surface area contributed by atoms with E-state index in [0.29, 0.717) is 11.1 Å². The van der Waals surface area contributed by atoms with Gasteiger partial charge in [-0.1, -0.05) is 57.2 Å². The number of hydrogen-bond donors (Lipinski definition) is 1. The summed E-state index contributed by atoms with van der Waals surface area (Å²) in [6.45, 7) is 9.24. The number of rotatable bonds is 5. The quantitative estimate of drug-likeness (QED) is 0.566.